The lowest BCUT2D eigenvalue weighted by Gasteiger charge is -2.43. The van der Waals surface area contributed by atoms with Crippen LogP contribution in [0, 0.1) is 6.92 Å². The Morgan fingerprint density at radius 1 is 1.27 bits per heavy atom. The molecule has 2 aliphatic heterocycles. The number of aryl methyl sites for hydroxylation is 2. The summed E-state index contributed by atoms with van der Waals surface area (Å²) >= 11 is 2.06. The molecule has 30 heavy (non-hydrogen) atoms. The number of nitrogens with one attached hydrogen (secondary N) is 2. The van der Waals surface area contributed by atoms with Crippen LogP contribution in [-0.2, 0) is 11.3 Å². The van der Waals surface area contributed by atoms with Crippen molar-refractivity contribution in [3.8, 4) is 0 Å². The Balaban J connectivity index is 1.27. The zero-order chi connectivity index (χ0) is 20.8. The number of para-hydroxylation sites is 2. The molecule has 2 fully saturated rings. The Morgan fingerprint density at radius 2 is 2.10 bits per heavy atom. The van der Waals surface area contributed by atoms with Gasteiger partial charge in [-0.2, -0.15) is 11.8 Å². The first-order valence-electron chi connectivity index (χ1n) is 11.0. The summed E-state index contributed by atoms with van der Waals surface area (Å²) in [5, 5.41) is 7.11. The predicted molar refractivity (Wildman–Crippen MR) is 126 cm³/mol. The number of thioether (sulfide) groups is 1. The van der Waals surface area contributed by atoms with E-state index in [-0.39, 0.29) is 5.54 Å². The highest BCUT2D eigenvalue weighted by Gasteiger charge is 2.40. The van der Waals surface area contributed by atoms with Gasteiger partial charge in [-0.15, -0.1) is 0 Å². The van der Waals surface area contributed by atoms with E-state index in [1.165, 1.54) is 23.4 Å². The fourth-order valence-corrected chi connectivity index (χ4v) is 6.00. The molecule has 1 atom stereocenters. The molecule has 4 rings (SSSR count). The monoisotopic (exact) mass is 430 g/mol. The summed E-state index contributed by atoms with van der Waals surface area (Å²) in [6.45, 7) is 8.61. The number of aromatic nitrogens is 2. The van der Waals surface area contributed by atoms with Gasteiger partial charge in [-0.3, -0.25) is 9.89 Å². The number of fused-ring (bicyclic) bond motifs is 1. The number of imidazole rings is 1. The molecule has 1 aromatic carbocycles. The number of hydrogen-bond acceptors (Lipinski definition) is 5. The maximum absolute atomic E-state index is 5.57. The van der Waals surface area contributed by atoms with E-state index in [2.05, 4.69) is 67.0 Å². The lowest BCUT2D eigenvalue weighted by atomic mass is 9.95. The van der Waals surface area contributed by atoms with Gasteiger partial charge in [0.15, 0.2) is 5.96 Å². The quantitative estimate of drug-likeness (QED) is 0.398. The van der Waals surface area contributed by atoms with Crippen LogP contribution >= 0.6 is 11.8 Å². The van der Waals surface area contributed by atoms with Crippen molar-refractivity contribution in [2.75, 3.05) is 57.9 Å². The number of guanidine groups is 1. The Kier molecular flexibility index (Phi) is 7.17. The minimum absolute atomic E-state index is 0.221. The smallest absolute Gasteiger partial charge is 0.191 e. The van der Waals surface area contributed by atoms with E-state index in [1.807, 2.05) is 13.1 Å². The Hall–Kier alpha value is -1.77. The normalized spacial score (nSPS) is 23.2. The SMILES string of the molecule is CN=C(NCCCn1c(C)nc2ccccc21)NCC1(N2CCOCC2)CCSC1. The third-order valence-corrected chi connectivity index (χ3v) is 7.50. The topological polar surface area (TPSA) is 66.7 Å². The van der Waals surface area contributed by atoms with Crippen LogP contribution in [0.3, 0.4) is 0 Å². The summed E-state index contributed by atoms with van der Waals surface area (Å²) < 4.78 is 7.87. The van der Waals surface area contributed by atoms with Gasteiger partial charge in [0.05, 0.1) is 24.2 Å². The van der Waals surface area contributed by atoms with Gasteiger partial charge < -0.3 is 19.9 Å². The number of morpholine rings is 1. The first-order chi connectivity index (χ1) is 14.7. The second-order valence-electron chi connectivity index (χ2n) is 8.13. The van der Waals surface area contributed by atoms with Crippen molar-refractivity contribution < 1.29 is 4.74 Å². The Bertz CT molecular complexity index is 854. The molecule has 164 valence electrons. The molecular formula is C22H34N6OS. The van der Waals surface area contributed by atoms with Gasteiger partial charge in [0.25, 0.3) is 0 Å². The van der Waals surface area contributed by atoms with E-state index in [1.54, 1.807) is 0 Å². The molecule has 0 saturated carbocycles. The first kappa shape index (κ1) is 21.5. The Labute approximate surface area is 183 Å². The van der Waals surface area contributed by atoms with Gasteiger partial charge in [-0.05, 0) is 37.7 Å². The van der Waals surface area contributed by atoms with E-state index in [0.717, 1.165) is 69.7 Å². The van der Waals surface area contributed by atoms with Crippen LogP contribution < -0.4 is 10.6 Å². The highest BCUT2D eigenvalue weighted by Crippen LogP contribution is 2.33. The van der Waals surface area contributed by atoms with Gasteiger partial charge in [0, 0.05) is 51.1 Å². The molecule has 1 unspecified atom stereocenters. The standard InChI is InChI=1S/C22H34N6OS/c1-18-26-19-6-3-4-7-20(19)28(18)10-5-9-24-21(23-2)25-16-22(8-15-30-17-22)27-11-13-29-14-12-27/h3-4,6-7H,5,8-17H2,1-2H3,(H2,23,24,25). The Morgan fingerprint density at radius 3 is 2.87 bits per heavy atom. The van der Waals surface area contributed by atoms with Crippen molar-refractivity contribution in [2.24, 2.45) is 4.99 Å². The van der Waals surface area contributed by atoms with Crippen molar-refractivity contribution in [3.63, 3.8) is 0 Å². The predicted octanol–water partition coefficient (Wildman–Crippen LogP) is 2.11. The number of rotatable bonds is 7. The zero-order valence-corrected chi connectivity index (χ0v) is 19.0. The molecule has 1 aromatic heterocycles. The largest absolute Gasteiger partial charge is 0.379 e. The molecule has 2 saturated heterocycles. The van der Waals surface area contributed by atoms with Crippen molar-refractivity contribution in [1.82, 2.24) is 25.1 Å². The van der Waals surface area contributed by atoms with Crippen molar-refractivity contribution >= 4 is 28.8 Å². The van der Waals surface area contributed by atoms with E-state index in [0.29, 0.717) is 0 Å². The highest BCUT2D eigenvalue weighted by molar-refractivity contribution is 7.99. The minimum atomic E-state index is 0.221. The summed E-state index contributed by atoms with van der Waals surface area (Å²) in [5.74, 6) is 4.39. The second-order valence-corrected chi connectivity index (χ2v) is 9.24. The van der Waals surface area contributed by atoms with Crippen LogP contribution in [0.15, 0.2) is 29.3 Å². The van der Waals surface area contributed by atoms with Crippen LogP contribution in [0.4, 0.5) is 0 Å². The number of ether oxygens (including phenoxy) is 1. The molecule has 2 N–H and O–H groups in total. The molecule has 0 radical (unpaired) electrons. The van der Waals surface area contributed by atoms with E-state index in [9.17, 15) is 0 Å². The van der Waals surface area contributed by atoms with Gasteiger partial charge in [0.1, 0.15) is 5.82 Å². The molecule has 0 spiro atoms. The van der Waals surface area contributed by atoms with E-state index >= 15 is 0 Å². The van der Waals surface area contributed by atoms with Crippen LogP contribution in [-0.4, -0.2) is 83.9 Å². The molecule has 0 amide bonds. The van der Waals surface area contributed by atoms with Crippen molar-refractivity contribution in [1.29, 1.82) is 0 Å². The van der Waals surface area contributed by atoms with Crippen LogP contribution in [0.2, 0.25) is 0 Å². The lowest BCUT2D eigenvalue weighted by Crippen LogP contribution is -2.60. The maximum atomic E-state index is 5.57. The molecule has 2 aromatic rings. The first-order valence-corrected chi connectivity index (χ1v) is 12.1. The second kappa shape index (κ2) is 10.0. The molecule has 0 bridgehead atoms. The number of nitrogens with zero attached hydrogens (tertiary/aromatic N) is 4. The number of hydrogen-bond donors (Lipinski definition) is 2. The van der Waals surface area contributed by atoms with Gasteiger partial charge in [-0.1, -0.05) is 12.1 Å². The van der Waals surface area contributed by atoms with Gasteiger partial charge in [-0.25, -0.2) is 4.98 Å². The molecule has 3 heterocycles. The van der Waals surface area contributed by atoms with Gasteiger partial charge in [0.2, 0.25) is 0 Å². The van der Waals surface area contributed by atoms with Crippen LogP contribution in [0.5, 0.6) is 0 Å². The summed E-state index contributed by atoms with van der Waals surface area (Å²) in [5.41, 5.74) is 2.51. The summed E-state index contributed by atoms with van der Waals surface area (Å²) in [7, 11) is 1.85. The fraction of sp³-hybridized carbons (Fsp3) is 0.636. The van der Waals surface area contributed by atoms with Crippen LogP contribution in [0.25, 0.3) is 11.0 Å². The molecular weight excluding hydrogens is 396 g/mol. The van der Waals surface area contributed by atoms with Crippen molar-refractivity contribution in [3.05, 3.63) is 30.1 Å². The average molecular weight is 431 g/mol. The maximum Gasteiger partial charge on any atom is 0.191 e. The van der Waals surface area contributed by atoms with E-state index in [4.69, 9.17) is 4.74 Å². The third kappa shape index (κ3) is 4.76. The molecule has 0 aliphatic carbocycles. The average Bonchev–Trinajstić information content (AvgIpc) is 3.39. The number of aliphatic imine (C=N–C) groups is 1. The summed E-state index contributed by atoms with van der Waals surface area (Å²) in [6.07, 6.45) is 2.25. The third-order valence-electron chi connectivity index (χ3n) is 6.27. The van der Waals surface area contributed by atoms with Gasteiger partial charge >= 0.3 is 0 Å². The lowest BCUT2D eigenvalue weighted by molar-refractivity contribution is -0.0120. The zero-order valence-electron chi connectivity index (χ0n) is 18.2. The van der Waals surface area contributed by atoms with E-state index < -0.39 is 0 Å². The molecule has 2 aliphatic rings. The van der Waals surface area contributed by atoms with Crippen molar-refractivity contribution in [2.45, 2.75) is 31.8 Å². The molecule has 8 heteroatoms. The summed E-state index contributed by atoms with van der Waals surface area (Å²) in [4.78, 5) is 11.7. The summed E-state index contributed by atoms with van der Waals surface area (Å²) in [6, 6.07) is 8.35. The minimum Gasteiger partial charge on any atom is -0.379 e. The van der Waals surface area contributed by atoms with Crippen LogP contribution in [0.1, 0.15) is 18.7 Å². The number of benzene rings is 1. The molecule has 7 nitrogen and oxygen atoms in total. The fourth-order valence-electron chi connectivity index (χ4n) is 4.53. The highest BCUT2D eigenvalue weighted by atomic mass is 32.2.